The van der Waals surface area contributed by atoms with E-state index in [1.54, 1.807) is 4.90 Å². The van der Waals surface area contributed by atoms with Gasteiger partial charge in [-0.15, -0.1) is 6.42 Å². The van der Waals surface area contributed by atoms with E-state index in [4.69, 9.17) is 11.2 Å². The Hall–Kier alpha value is -2.81. The second-order valence-electron chi connectivity index (χ2n) is 5.71. The maximum absolute atomic E-state index is 12.2. The zero-order valence-electron chi connectivity index (χ0n) is 13.8. The van der Waals surface area contributed by atoms with E-state index in [0.717, 1.165) is 16.8 Å². The van der Waals surface area contributed by atoms with Crippen molar-refractivity contribution < 1.29 is 19.1 Å². The number of ether oxygens (including phenoxy) is 1. The Morgan fingerprint density at radius 3 is 2.88 bits per heavy atom. The molecular weight excluding hydrogens is 308 g/mol. The van der Waals surface area contributed by atoms with Gasteiger partial charge in [0.1, 0.15) is 0 Å². The van der Waals surface area contributed by atoms with Crippen molar-refractivity contribution in [2.75, 3.05) is 24.6 Å². The molecule has 1 atom stereocenters. The van der Waals surface area contributed by atoms with Gasteiger partial charge in [0.2, 0.25) is 5.91 Å². The number of nitrogens with zero attached hydrogens (tertiary/aromatic N) is 1. The molecule has 1 N–H and O–H groups in total. The van der Waals surface area contributed by atoms with Gasteiger partial charge in [-0.3, -0.25) is 14.4 Å². The topological polar surface area (TPSA) is 75.7 Å². The van der Waals surface area contributed by atoms with Crippen LogP contribution in [0, 0.1) is 32.1 Å². The maximum atomic E-state index is 12.2. The fourth-order valence-electron chi connectivity index (χ4n) is 2.58. The average Bonchev–Trinajstić information content (AvgIpc) is 2.95. The number of aryl methyl sites for hydroxylation is 1. The first kappa shape index (κ1) is 17.5. The van der Waals surface area contributed by atoms with Crippen molar-refractivity contribution in [3.05, 3.63) is 29.3 Å². The van der Waals surface area contributed by atoms with Gasteiger partial charge in [-0.05, 0) is 31.0 Å². The summed E-state index contributed by atoms with van der Waals surface area (Å²) in [6, 6.07) is 5.72. The van der Waals surface area contributed by atoms with Crippen molar-refractivity contribution >= 4 is 23.5 Å². The smallest absolute Gasteiger partial charge is 0.311 e. The van der Waals surface area contributed by atoms with Crippen LogP contribution in [-0.4, -0.2) is 37.5 Å². The number of nitrogens with one attached hydrogen (secondary N) is 1. The number of anilines is 1. The Kier molecular flexibility index (Phi) is 5.59. The molecule has 1 aliphatic heterocycles. The lowest BCUT2D eigenvalue weighted by Crippen LogP contribution is -2.31. The van der Waals surface area contributed by atoms with Crippen molar-refractivity contribution in [2.45, 2.75) is 20.3 Å². The monoisotopic (exact) mass is 328 g/mol. The van der Waals surface area contributed by atoms with E-state index in [1.165, 1.54) is 0 Å². The Labute approximate surface area is 141 Å². The van der Waals surface area contributed by atoms with Crippen LogP contribution >= 0.6 is 0 Å². The van der Waals surface area contributed by atoms with Gasteiger partial charge in [0.05, 0.1) is 12.5 Å². The van der Waals surface area contributed by atoms with Crippen molar-refractivity contribution in [3.8, 4) is 12.3 Å². The molecule has 1 aliphatic rings. The van der Waals surface area contributed by atoms with Crippen molar-refractivity contribution in [1.29, 1.82) is 0 Å². The molecule has 0 bridgehead atoms. The van der Waals surface area contributed by atoms with E-state index >= 15 is 0 Å². The highest BCUT2D eigenvalue weighted by atomic mass is 16.5. The molecular formula is C18H20N2O4. The molecule has 24 heavy (non-hydrogen) atoms. The Bertz CT molecular complexity index is 705. The number of hydrogen-bond donors (Lipinski definition) is 1. The summed E-state index contributed by atoms with van der Waals surface area (Å²) in [5.41, 5.74) is 2.90. The largest absolute Gasteiger partial charge is 0.455 e. The molecule has 126 valence electrons. The minimum Gasteiger partial charge on any atom is -0.455 e. The molecule has 2 amide bonds. The van der Waals surface area contributed by atoms with E-state index in [-0.39, 0.29) is 25.4 Å². The van der Waals surface area contributed by atoms with Crippen LogP contribution in [0.4, 0.5) is 5.69 Å². The first-order chi connectivity index (χ1) is 11.4. The molecule has 1 aromatic carbocycles. The van der Waals surface area contributed by atoms with Gasteiger partial charge in [-0.1, -0.05) is 18.1 Å². The molecule has 1 heterocycles. The van der Waals surface area contributed by atoms with Crippen molar-refractivity contribution in [3.63, 3.8) is 0 Å². The van der Waals surface area contributed by atoms with Gasteiger partial charge >= 0.3 is 5.97 Å². The lowest BCUT2D eigenvalue weighted by Gasteiger charge is -2.20. The SMILES string of the molecule is C#CCNC(=O)COC(=O)[C@H]1CC(=O)N(c2cccc(C)c2C)C1. The highest BCUT2D eigenvalue weighted by Crippen LogP contribution is 2.29. The van der Waals surface area contributed by atoms with E-state index in [1.807, 2.05) is 32.0 Å². The second kappa shape index (κ2) is 7.64. The lowest BCUT2D eigenvalue weighted by atomic mass is 10.1. The number of benzene rings is 1. The van der Waals surface area contributed by atoms with Crippen LogP contribution in [0.2, 0.25) is 0 Å². The molecule has 0 saturated carbocycles. The summed E-state index contributed by atoms with van der Waals surface area (Å²) >= 11 is 0. The first-order valence-corrected chi connectivity index (χ1v) is 7.67. The highest BCUT2D eigenvalue weighted by molar-refractivity contribution is 6.00. The molecule has 6 nitrogen and oxygen atoms in total. The van der Waals surface area contributed by atoms with Gasteiger partial charge in [0.25, 0.3) is 5.91 Å². The fourth-order valence-corrected chi connectivity index (χ4v) is 2.58. The zero-order chi connectivity index (χ0) is 17.7. The van der Waals surface area contributed by atoms with Crippen LogP contribution in [0.3, 0.4) is 0 Å². The average molecular weight is 328 g/mol. The van der Waals surface area contributed by atoms with Gasteiger partial charge in [-0.2, -0.15) is 0 Å². The van der Waals surface area contributed by atoms with Crippen LogP contribution in [0.1, 0.15) is 17.5 Å². The molecule has 0 aliphatic carbocycles. The molecule has 6 heteroatoms. The number of carbonyl (C=O) groups is 3. The third kappa shape index (κ3) is 3.93. The number of rotatable bonds is 5. The second-order valence-corrected chi connectivity index (χ2v) is 5.71. The number of esters is 1. The summed E-state index contributed by atoms with van der Waals surface area (Å²) in [4.78, 5) is 37.3. The summed E-state index contributed by atoms with van der Waals surface area (Å²) in [5, 5.41) is 2.41. The number of amides is 2. The predicted molar refractivity (Wildman–Crippen MR) is 89.2 cm³/mol. The molecule has 0 aromatic heterocycles. The Balaban J connectivity index is 1.97. The number of terminal acetylenes is 1. The summed E-state index contributed by atoms with van der Waals surface area (Å²) in [6.45, 7) is 3.86. The van der Waals surface area contributed by atoms with Crippen LogP contribution in [0.25, 0.3) is 0 Å². The number of hydrogen-bond acceptors (Lipinski definition) is 4. The lowest BCUT2D eigenvalue weighted by molar-refractivity contribution is -0.152. The normalized spacial score (nSPS) is 16.6. The first-order valence-electron chi connectivity index (χ1n) is 7.67. The standard InChI is InChI=1S/C18H20N2O4/c1-4-8-19-16(21)11-24-18(23)14-9-17(22)20(10-14)15-7-5-6-12(2)13(15)3/h1,5-7,14H,8-11H2,2-3H3,(H,19,21)/t14-/m0/s1. The quantitative estimate of drug-likeness (QED) is 0.645. The highest BCUT2D eigenvalue weighted by Gasteiger charge is 2.36. The van der Waals surface area contributed by atoms with E-state index in [0.29, 0.717) is 0 Å². The summed E-state index contributed by atoms with van der Waals surface area (Å²) in [7, 11) is 0. The maximum Gasteiger partial charge on any atom is 0.311 e. The fraction of sp³-hybridized carbons (Fsp3) is 0.389. The number of carbonyl (C=O) groups excluding carboxylic acids is 3. The molecule has 0 radical (unpaired) electrons. The third-order valence-corrected chi connectivity index (χ3v) is 4.06. The summed E-state index contributed by atoms with van der Waals surface area (Å²) < 4.78 is 4.97. The molecule has 2 rings (SSSR count). The Morgan fingerprint density at radius 2 is 2.17 bits per heavy atom. The minimum absolute atomic E-state index is 0.0815. The van der Waals surface area contributed by atoms with Crippen molar-refractivity contribution in [2.24, 2.45) is 5.92 Å². The van der Waals surface area contributed by atoms with E-state index in [9.17, 15) is 14.4 Å². The predicted octanol–water partition coefficient (Wildman–Crippen LogP) is 0.949. The van der Waals surface area contributed by atoms with Gasteiger partial charge in [0.15, 0.2) is 6.61 Å². The zero-order valence-corrected chi connectivity index (χ0v) is 13.8. The molecule has 1 fully saturated rings. The van der Waals surface area contributed by atoms with Gasteiger partial charge in [-0.25, -0.2) is 0 Å². The molecule has 1 saturated heterocycles. The van der Waals surface area contributed by atoms with Crippen LogP contribution in [0.15, 0.2) is 18.2 Å². The summed E-state index contributed by atoms with van der Waals surface area (Å²) in [6.07, 6.45) is 5.11. The van der Waals surface area contributed by atoms with Gasteiger partial charge in [0, 0.05) is 18.7 Å². The molecule has 0 spiro atoms. The van der Waals surface area contributed by atoms with Crippen LogP contribution < -0.4 is 10.2 Å². The minimum atomic E-state index is -0.571. The third-order valence-electron chi connectivity index (χ3n) is 4.06. The van der Waals surface area contributed by atoms with Gasteiger partial charge < -0.3 is 15.0 Å². The van der Waals surface area contributed by atoms with Crippen LogP contribution in [-0.2, 0) is 19.1 Å². The van der Waals surface area contributed by atoms with Crippen LogP contribution in [0.5, 0.6) is 0 Å². The summed E-state index contributed by atoms with van der Waals surface area (Å²) in [5.74, 6) is 0.553. The Morgan fingerprint density at radius 1 is 1.42 bits per heavy atom. The molecule has 1 aromatic rings. The molecule has 0 unspecified atom stereocenters. The van der Waals surface area contributed by atoms with E-state index in [2.05, 4.69) is 11.2 Å². The van der Waals surface area contributed by atoms with Crippen molar-refractivity contribution in [1.82, 2.24) is 5.32 Å². The van der Waals surface area contributed by atoms with E-state index < -0.39 is 24.4 Å².